The number of nitrogens with zero attached hydrogens (tertiary/aromatic N) is 1. The molecule has 0 saturated carbocycles. The van der Waals surface area contributed by atoms with Crippen LogP contribution in [0.3, 0.4) is 0 Å². The topological polar surface area (TPSA) is 76.8 Å². The van der Waals surface area contributed by atoms with Gasteiger partial charge < -0.3 is 9.15 Å². The highest BCUT2D eigenvalue weighted by molar-refractivity contribution is 6.10. The lowest BCUT2D eigenvalue weighted by atomic mass is 9.97. The van der Waals surface area contributed by atoms with Crippen molar-refractivity contribution >= 4 is 28.5 Å². The lowest BCUT2D eigenvalue weighted by Gasteiger charge is -2.25. The Morgan fingerprint density at radius 1 is 1.00 bits per heavy atom. The van der Waals surface area contributed by atoms with Gasteiger partial charge in [0.15, 0.2) is 5.43 Å². The zero-order valence-corrected chi connectivity index (χ0v) is 19.1. The van der Waals surface area contributed by atoms with Crippen molar-refractivity contribution in [3.63, 3.8) is 0 Å². The number of carbonyl (C=O) groups excluding carboxylic acids is 2. The van der Waals surface area contributed by atoms with Crippen LogP contribution in [0.1, 0.15) is 56.1 Å². The molecule has 4 aromatic rings. The second kappa shape index (κ2) is 8.30. The molecule has 34 heavy (non-hydrogen) atoms. The van der Waals surface area contributed by atoms with Gasteiger partial charge in [-0.2, -0.15) is 0 Å². The first-order chi connectivity index (χ1) is 16.4. The third kappa shape index (κ3) is 3.39. The van der Waals surface area contributed by atoms with Crippen LogP contribution in [0.4, 0.5) is 5.69 Å². The predicted molar refractivity (Wildman–Crippen MR) is 129 cm³/mol. The second-order valence-corrected chi connectivity index (χ2v) is 8.38. The van der Waals surface area contributed by atoms with Gasteiger partial charge in [-0.15, -0.1) is 0 Å². The van der Waals surface area contributed by atoms with E-state index in [0.29, 0.717) is 33.3 Å². The van der Waals surface area contributed by atoms with Gasteiger partial charge in [0, 0.05) is 5.69 Å². The van der Waals surface area contributed by atoms with E-state index >= 15 is 0 Å². The molecule has 3 aromatic carbocycles. The van der Waals surface area contributed by atoms with Crippen molar-refractivity contribution in [1.82, 2.24) is 0 Å². The van der Waals surface area contributed by atoms with Crippen LogP contribution in [0.25, 0.3) is 11.0 Å². The van der Waals surface area contributed by atoms with Gasteiger partial charge in [0.2, 0.25) is 5.76 Å². The third-order valence-electron chi connectivity index (χ3n) is 6.30. The summed E-state index contributed by atoms with van der Waals surface area (Å²) in [5.41, 5.74) is 4.25. The number of aryl methyl sites for hydroxylation is 2. The van der Waals surface area contributed by atoms with Gasteiger partial charge in [0.25, 0.3) is 5.91 Å². The van der Waals surface area contributed by atoms with Gasteiger partial charge in [-0.05, 0) is 60.9 Å². The minimum atomic E-state index is -0.692. The molecule has 0 spiro atoms. The highest BCUT2D eigenvalue weighted by Crippen LogP contribution is 2.41. The van der Waals surface area contributed by atoms with Gasteiger partial charge in [-0.3, -0.25) is 14.5 Å². The van der Waals surface area contributed by atoms with Crippen LogP contribution >= 0.6 is 0 Å². The third-order valence-corrected chi connectivity index (χ3v) is 6.30. The van der Waals surface area contributed by atoms with Crippen LogP contribution in [0.5, 0.6) is 0 Å². The monoisotopic (exact) mass is 453 g/mol. The summed E-state index contributed by atoms with van der Waals surface area (Å²) in [5.74, 6) is -0.786. The summed E-state index contributed by atoms with van der Waals surface area (Å²) in [5, 5.41) is 0.436. The summed E-state index contributed by atoms with van der Waals surface area (Å²) in [6, 6.07) is 19.1. The zero-order chi connectivity index (χ0) is 24.0. The molecule has 2 heterocycles. The van der Waals surface area contributed by atoms with Gasteiger partial charge in [0.05, 0.1) is 29.7 Å². The predicted octanol–water partition coefficient (Wildman–Crippen LogP) is 5.20. The second-order valence-electron chi connectivity index (χ2n) is 8.38. The van der Waals surface area contributed by atoms with Crippen LogP contribution in [0.2, 0.25) is 0 Å². The number of rotatable bonds is 4. The molecule has 0 aliphatic carbocycles. The van der Waals surface area contributed by atoms with Crippen molar-refractivity contribution < 1.29 is 18.7 Å². The Morgan fingerprint density at radius 3 is 2.35 bits per heavy atom. The van der Waals surface area contributed by atoms with Crippen molar-refractivity contribution in [3.8, 4) is 0 Å². The fourth-order valence-electron chi connectivity index (χ4n) is 4.48. The molecule has 1 aliphatic heterocycles. The molecular formula is C28H23NO5. The van der Waals surface area contributed by atoms with Gasteiger partial charge >= 0.3 is 5.97 Å². The summed E-state index contributed by atoms with van der Waals surface area (Å²) in [6.07, 6.45) is 0.873. The number of carbonyl (C=O) groups is 2. The van der Waals surface area contributed by atoms with E-state index in [-0.39, 0.29) is 17.1 Å². The molecule has 1 amide bonds. The van der Waals surface area contributed by atoms with Gasteiger partial charge in [-0.25, -0.2) is 4.79 Å². The summed E-state index contributed by atoms with van der Waals surface area (Å²) in [4.78, 5) is 40.8. The number of fused-ring (bicyclic) bond motifs is 2. The minimum Gasteiger partial charge on any atom is -0.465 e. The maximum Gasteiger partial charge on any atom is 0.337 e. The van der Waals surface area contributed by atoms with Crippen LogP contribution in [0.15, 0.2) is 75.9 Å². The minimum absolute atomic E-state index is 0.0444. The average molecular weight is 453 g/mol. The number of hydrogen-bond acceptors (Lipinski definition) is 5. The molecule has 0 saturated heterocycles. The lowest BCUT2D eigenvalue weighted by Crippen LogP contribution is -2.29. The van der Waals surface area contributed by atoms with Crippen molar-refractivity contribution in [3.05, 3.63) is 111 Å². The van der Waals surface area contributed by atoms with Crippen LogP contribution < -0.4 is 10.3 Å². The van der Waals surface area contributed by atoms with E-state index in [9.17, 15) is 14.4 Å². The number of esters is 1. The summed E-state index contributed by atoms with van der Waals surface area (Å²) in [7, 11) is 1.32. The van der Waals surface area contributed by atoms with E-state index in [4.69, 9.17) is 9.15 Å². The number of methoxy groups -OCH3 is 1. The van der Waals surface area contributed by atoms with Crippen molar-refractivity contribution in [2.75, 3.05) is 12.0 Å². The molecule has 5 rings (SSSR count). The zero-order valence-electron chi connectivity index (χ0n) is 19.1. The summed E-state index contributed by atoms with van der Waals surface area (Å²) >= 11 is 0. The first kappa shape index (κ1) is 21.6. The Morgan fingerprint density at radius 2 is 1.71 bits per heavy atom. The number of hydrogen-bond donors (Lipinski definition) is 0. The van der Waals surface area contributed by atoms with E-state index in [1.165, 1.54) is 7.11 Å². The maximum absolute atomic E-state index is 13.7. The molecule has 1 atom stereocenters. The van der Waals surface area contributed by atoms with Crippen molar-refractivity contribution in [1.29, 1.82) is 0 Å². The lowest BCUT2D eigenvalue weighted by molar-refractivity contribution is 0.0600. The highest BCUT2D eigenvalue weighted by Gasteiger charge is 2.43. The van der Waals surface area contributed by atoms with Crippen molar-refractivity contribution in [2.45, 2.75) is 26.3 Å². The fourth-order valence-corrected chi connectivity index (χ4v) is 4.48. The number of benzene rings is 3. The van der Waals surface area contributed by atoms with Crippen molar-refractivity contribution in [2.24, 2.45) is 0 Å². The van der Waals surface area contributed by atoms with Crippen LogP contribution in [0, 0.1) is 6.92 Å². The van der Waals surface area contributed by atoms with Gasteiger partial charge in [-0.1, -0.05) is 42.8 Å². The quantitative estimate of drug-likeness (QED) is 0.397. The van der Waals surface area contributed by atoms with Crippen LogP contribution in [-0.4, -0.2) is 19.0 Å². The van der Waals surface area contributed by atoms with E-state index in [2.05, 4.69) is 6.92 Å². The first-order valence-corrected chi connectivity index (χ1v) is 11.1. The molecule has 0 N–H and O–H groups in total. The Kier molecular flexibility index (Phi) is 5.28. The molecule has 1 aromatic heterocycles. The molecule has 6 nitrogen and oxygen atoms in total. The molecule has 0 radical (unpaired) electrons. The van der Waals surface area contributed by atoms with E-state index in [0.717, 1.165) is 17.5 Å². The molecule has 0 fully saturated rings. The van der Waals surface area contributed by atoms with E-state index in [1.807, 2.05) is 37.3 Å². The maximum atomic E-state index is 13.7. The Balaban J connectivity index is 1.74. The molecule has 170 valence electrons. The normalized spacial score (nSPS) is 15.0. The average Bonchev–Trinajstić information content (AvgIpc) is 3.16. The standard InChI is InChI=1S/C28H23NO5/c1-4-17-6-12-20(13-7-17)29-24(18-8-10-19(11-9-18)28(32)33-3)23-25(30)21-15-16(2)5-14-22(21)34-26(23)27(29)31/h5-15,24H,4H2,1-3H3. The summed E-state index contributed by atoms with van der Waals surface area (Å²) < 4.78 is 10.8. The molecule has 0 bridgehead atoms. The number of ether oxygens (including phenoxy) is 1. The smallest absolute Gasteiger partial charge is 0.337 e. The SMILES string of the molecule is CCc1ccc(N2C(=O)c3oc4ccc(C)cc4c(=O)c3C2c2ccc(C(=O)OC)cc2)cc1. The molecular weight excluding hydrogens is 430 g/mol. The number of anilines is 1. The van der Waals surface area contributed by atoms with Crippen LogP contribution in [-0.2, 0) is 11.2 Å². The largest absolute Gasteiger partial charge is 0.465 e. The Labute approximate surface area is 196 Å². The first-order valence-electron chi connectivity index (χ1n) is 11.1. The molecule has 1 unspecified atom stereocenters. The van der Waals surface area contributed by atoms with E-state index in [1.54, 1.807) is 41.3 Å². The highest BCUT2D eigenvalue weighted by atomic mass is 16.5. The fraction of sp³-hybridized carbons (Fsp3) is 0.179. The molecule has 6 heteroatoms. The Bertz CT molecular complexity index is 1480. The Hall–Kier alpha value is -4.19. The van der Waals surface area contributed by atoms with E-state index < -0.39 is 12.0 Å². The number of amides is 1. The molecule has 1 aliphatic rings. The summed E-state index contributed by atoms with van der Waals surface area (Å²) in [6.45, 7) is 3.97. The van der Waals surface area contributed by atoms with Gasteiger partial charge in [0.1, 0.15) is 5.58 Å².